The van der Waals surface area contributed by atoms with Crippen LogP contribution in [-0.2, 0) is 10.5 Å². The highest BCUT2D eigenvalue weighted by Gasteiger charge is 2.43. The van der Waals surface area contributed by atoms with Gasteiger partial charge in [0.05, 0.1) is 6.61 Å². The first kappa shape index (κ1) is 16.2. The molecule has 2 rings (SSSR count). The summed E-state index contributed by atoms with van der Waals surface area (Å²) in [6, 6.07) is 7.73. The fourth-order valence-electron chi connectivity index (χ4n) is 1.96. The lowest BCUT2D eigenvalue weighted by Gasteiger charge is -2.39. The van der Waals surface area contributed by atoms with Gasteiger partial charge in [0, 0.05) is 10.2 Å². The lowest BCUT2D eigenvalue weighted by molar-refractivity contribution is -0.205. The maximum absolute atomic E-state index is 9.90. The predicted molar refractivity (Wildman–Crippen MR) is 79.2 cm³/mol. The average Bonchev–Trinajstić information content (AvgIpc) is 2.46. The Morgan fingerprint density at radius 2 is 1.70 bits per heavy atom. The van der Waals surface area contributed by atoms with Gasteiger partial charge in [-0.05, 0) is 17.7 Å². The van der Waals surface area contributed by atoms with E-state index in [-0.39, 0.29) is 0 Å². The summed E-state index contributed by atoms with van der Waals surface area (Å²) in [5, 5.41) is 38.4. The lowest BCUT2D eigenvalue weighted by Crippen LogP contribution is -2.57. The number of hydrogen-bond donors (Lipinski definition) is 4. The smallest absolute Gasteiger partial charge is 0.132 e. The second-order valence-corrected chi connectivity index (χ2v) is 6.64. The summed E-state index contributed by atoms with van der Waals surface area (Å²) in [6.45, 7) is -0.402. The van der Waals surface area contributed by atoms with E-state index in [1.807, 2.05) is 24.3 Å². The molecule has 0 unspecified atom stereocenters. The predicted octanol–water partition coefficient (Wildman–Crippen LogP) is 0.482. The van der Waals surface area contributed by atoms with Crippen molar-refractivity contribution in [1.82, 2.24) is 0 Å². The molecule has 1 aromatic carbocycles. The number of hydrogen-bond acceptors (Lipinski definition) is 6. The summed E-state index contributed by atoms with van der Waals surface area (Å²) in [6.07, 6.45) is -4.66. The van der Waals surface area contributed by atoms with E-state index < -0.39 is 36.5 Å². The van der Waals surface area contributed by atoms with Gasteiger partial charge in [0.25, 0.3) is 0 Å². The van der Waals surface area contributed by atoms with Crippen molar-refractivity contribution in [1.29, 1.82) is 0 Å². The van der Waals surface area contributed by atoms with Crippen molar-refractivity contribution in [3.05, 3.63) is 34.3 Å². The highest BCUT2D eigenvalue weighted by molar-refractivity contribution is 9.10. The molecule has 4 N–H and O–H groups in total. The Kier molecular flexibility index (Phi) is 5.85. The van der Waals surface area contributed by atoms with Crippen molar-refractivity contribution >= 4 is 27.7 Å². The molecule has 0 aliphatic carbocycles. The molecule has 1 aliphatic heterocycles. The van der Waals surface area contributed by atoms with Crippen molar-refractivity contribution in [2.75, 3.05) is 6.61 Å². The second-order valence-electron chi connectivity index (χ2n) is 4.63. The minimum atomic E-state index is -1.32. The van der Waals surface area contributed by atoms with E-state index in [1.165, 1.54) is 11.8 Å². The molecule has 0 saturated carbocycles. The third-order valence-electron chi connectivity index (χ3n) is 3.18. The van der Waals surface area contributed by atoms with Crippen LogP contribution in [0.1, 0.15) is 5.56 Å². The lowest BCUT2D eigenvalue weighted by atomic mass is 10.0. The van der Waals surface area contributed by atoms with Crippen molar-refractivity contribution in [3.63, 3.8) is 0 Å². The fourth-order valence-corrected chi connectivity index (χ4v) is 3.36. The van der Waals surface area contributed by atoms with Crippen LogP contribution in [0.25, 0.3) is 0 Å². The summed E-state index contributed by atoms with van der Waals surface area (Å²) in [4.78, 5) is 0. The third kappa shape index (κ3) is 3.73. The Morgan fingerprint density at radius 3 is 2.30 bits per heavy atom. The molecule has 1 saturated heterocycles. The number of thioether (sulfide) groups is 1. The van der Waals surface area contributed by atoms with E-state index in [1.54, 1.807) is 0 Å². The van der Waals surface area contributed by atoms with E-state index in [4.69, 9.17) is 9.84 Å². The third-order valence-corrected chi connectivity index (χ3v) is 4.92. The van der Waals surface area contributed by atoms with Crippen LogP contribution in [0.5, 0.6) is 0 Å². The minimum absolute atomic E-state index is 0.402. The Balaban J connectivity index is 1.95. The molecular weight excluding hydrogens is 348 g/mol. The van der Waals surface area contributed by atoms with Crippen molar-refractivity contribution in [2.45, 2.75) is 35.6 Å². The molecular formula is C13H17BrO5S. The number of ether oxygens (including phenoxy) is 1. The molecule has 1 fully saturated rings. The van der Waals surface area contributed by atoms with Gasteiger partial charge in [-0.15, -0.1) is 11.8 Å². The van der Waals surface area contributed by atoms with Crippen LogP contribution in [-0.4, -0.2) is 56.9 Å². The number of aliphatic hydroxyl groups excluding tert-OH is 4. The van der Waals surface area contributed by atoms with Gasteiger partial charge in [-0.3, -0.25) is 0 Å². The molecule has 5 nitrogen and oxygen atoms in total. The summed E-state index contributed by atoms with van der Waals surface area (Å²) < 4.78 is 6.40. The maximum Gasteiger partial charge on any atom is 0.132 e. The SMILES string of the molecule is OC[C@H]1O[C@@H](SCc2ccc(Br)cc2)[C@H](O)[C@@H](O)[C@@H]1O. The second kappa shape index (κ2) is 7.22. The largest absolute Gasteiger partial charge is 0.394 e. The molecule has 20 heavy (non-hydrogen) atoms. The van der Waals surface area contributed by atoms with Crippen LogP contribution < -0.4 is 0 Å². The molecule has 0 spiro atoms. The molecule has 0 radical (unpaired) electrons. The Morgan fingerprint density at radius 1 is 1.05 bits per heavy atom. The molecule has 7 heteroatoms. The zero-order chi connectivity index (χ0) is 14.7. The molecule has 0 bridgehead atoms. The molecule has 0 aromatic heterocycles. The van der Waals surface area contributed by atoms with Crippen molar-refractivity contribution < 1.29 is 25.2 Å². The van der Waals surface area contributed by atoms with E-state index in [2.05, 4.69) is 15.9 Å². The first-order valence-electron chi connectivity index (χ1n) is 6.19. The molecule has 1 heterocycles. The number of rotatable bonds is 4. The van der Waals surface area contributed by atoms with Gasteiger partial charge in [-0.2, -0.15) is 0 Å². The van der Waals surface area contributed by atoms with Crippen molar-refractivity contribution in [3.8, 4) is 0 Å². The van der Waals surface area contributed by atoms with Crippen LogP contribution in [0.2, 0.25) is 0 Å². The van der Waals surface area contributed by atoms with Gasteiger partial charge >= 0.3 is 0 Å². The first-order chi connectivity index (χ1) is 9.52. The zero-order valence-electron chi connectivity index (χ0n) is 10.6. The van der Waals surface area contributed by atoms with Gasteiger partial charge in [0.2, 0.25) is 0 Å². The first-order valence-corrected chi connectivity index (χ1v) is 8.03. The molecule has 0 amide bonds. The van der Waals surface area contributed by atoms with Gasteiger partial charge < -0.3 is 25.2 Å². The molecule has 112 valence electrons. The fraction of sp³-hybridized carbons (Fsp3) is 0.538. The van der Waals surface area contributed by atoms with Gasteiger partial charge in [-0.1, -0.05) is 28.1 Å². The topological polar surface area (TPSA) is 90.2 Å². The Bertz CT molecular complexity index is 427. The van der Waals surface area contributed by atoms with E-state index >= 15 is 0 Å². The van der Waals surface area contributed by atoms with Crippen molar-refractivity contribution in [2.24, 2.45) is 0 Å². The minimum Gasteiger partial charge on any atom is -0.394 e. The number of benzene rings is 1. The van der Waals surface area contributed by atoms with Crippen LogP contribution in [0, 0.1) is 0 Å². The van der Waals surface area contributed by atoms with Crippen LogP contribution >= 0.6 is 27.7 Å². The molecule has 1 aliphatic rings. The number of aliphatic hydroxyl groups is 4. The standard InChI is InChI=1S/C13H17BrO5S/c14-8-3-1-7(2-4-8)6-20-13-12(18)11(17)10(16)9(5-15)19-13/h1-4,9-13,15-18H,5-6H2/t9-,10-,11+,12-,13+/m1/s1. The van der Waals surface area contributed by atoms with Gasteiger partial charge in [0.15, 0.2) is 0 Å². The monoisotopic (exact) mass is 364 g/mol. The molecule has 1 aromatic rings. The van der Waals surface area contributed by atoms with Gasteiger partial charge in [-0.25, -0.2) is 0 Å². The molecule has 5 atom stereocenters. The van der Waals surface area contributed by atoms with E-state index in [0.717, 1.165) is 10.0 Å². The summed E-state index contributed by atoms with van der Waals surface area (Å²) in [7, 11) is 0. The normalized spacial score (nSPS) is 34.1. The van der Waals surface area contributed by atoms with Crippen LogP contribution in [0.15, 0.2) is 28.7 Å². The quantitative estimate of drug-likeness (QED) is 0.621. The van der Waals surface area contributed by atoms with Crippen LogP contribution in [0.3, 0.4) is 0 Å². The zero-order valence-corrected chi connectivity index (χ0v) is 13.0. The highest BCUT2D eigenvalue weighted by atomic mass is 79.9. The Hall–Kier alpha value is -0.150. The van der Waals surface area contributed by atoms with Gasteiger partial charge in [0.1, 0.15) is 29.9 Å². The van der Waals surface area contributed by atoms with E-state index in [9.17, 15) is 15.3 Å². The average molecular weight is 365 g/mol. The summed E-state index contributed by atoms with van der Waals surface area (Å²) >= 11 is 4.67. The summed E-state index contributed by atoms with van der Waals surface area (Å²) in [5.74, 6) is 0.593. The van der Waals surface area contributed by atoms with Crippen LogP contribution in [0.4, 0.5) is 0 Å². The van der Waals surface area contributed by atoms with E-state index in [0.29, 0.717) is 5.75 Å². The Labute approximate surface area is 129 Å². The highest BCUT2D eigenvalue weighted by Crippen LogP contribution is 2.30. The number of halogens is 1. The maximum atomic E-state index is 9.90. The summed E-state index contributed by atoms with van der Waals surface area (Å²) in [5.41, 5.74) is 0.365.